The van der Waals surface area contributed by atoms with Crippen molar-refractivity contribution in [2.45, 2.75) is 29.8 Å². The Bertz CT molecular complexity index is 1400. The minimum Gasteiger partial charge on any atom is -0.493 e. The zero-order chi connectivity index (χ0) is 26.3. The number of hydrogen-bond donors (Lipinski definition) is 1. The number of morpholine rings is 1. The van der Waals surface area contributed by atoms with Crippen LogP contribution in [0.2, 0.25) is 0 Å². The molecule has 196 valence electrons. The summed E-state index contributed by atoms with van der Waals surface area (Å²) in [5, 5.41) is 7.42. The molecule has 1 aromatic heterocycles. The summed E-state index contributed by atoms with van der Waals surface area (Å²) in [4.78, 5) is 1.89. The van der Waals surface area contributed by atoms with Crippen molar-refractivity contribution in [3.05, 3.63) is 71.4 Å². The molecule has 0 amide bonds. The van der Waals surface area contributed by atoms with Gasteiger partial charge < -0.3 is 14.4 Å². The van der Waals surface area contributed by atoms with Crippen LogP contribution in [0.1, 0.15) is 30.0 Å². The third-order valence-corrected chi connectivity index (χ3v) is 8.15. The van der Waals surface area contributed by atoms with E-state index in [2.05, 4.69) is 14.9 Å². The highest BCUT2D eigenvalue weighted by molar-refractivity contribution is 7.92. The Morgan fingerprint density at radius 1 is 1.03 bits per heavy atom. The first-order chi connectivity index (χ1) is 17.6. The van der Waals surface area contributed by atoms with E-state index in [1.807, 2.05) is 11.8 Å². The second-order valence-electron chi connectivity index (χ2n) is 9.13. The summed E-state index contributed by atoms with van der Waals surface area (Å²) in [6, 6.07) is 11.4. The van der Waals surface area contributed by atoms with Crippen LogP contribution in [0.3, 0.4) is 0 Å². The van der Waals surface area contributed by atoms with E-state index >= 15 is 0 Å². The molecule has 0 aliphatic carbocycles. The van der Waals surface area contributed by atoms with Gasteiger partial charge in [0.15, 0.2) is 5.82 Å². The molecule has 2 aromatic carbocycles. The van der Waals surface area contributed by atoms with E-state index in [0.29, 0.717) is 49.7 Å². The molecule has 12 heteroatoms. The molecule has 2 aliphatic heterocycles. The lowest BCUT2D eigenvalue weighted by Crippen LogP contribution is -2.39. The Morgan fingerprint density at radius 3 is 2.49 bits per heavy atom. The molecule has 0 spiro atoms. The molecule has 2 aliphatic rings. The summed E-state index contributed by atoms with van der Waals surface area (Å²) < 4.78 is 80.4. The lowest BCUT2D eigenvalue weighted by Gasteiger charge is -2.40. The predicted octanol–water partition coefficient (Wildman–Crippen LogP) is 4.22. The highest BCUT2D eigenvalue weighted by Crippen LogP contribution is 2.48. The van der Waals surface area contributed by atoms with E-state index in [-0.39, 0.29) is 17.3 Å². The molecule has 3 heterocycles. The fourth-order valence-electron chi connectivity index (χ4n) is 4.82. The number of sulfonamides is 1. The number of benzene rings is 2. The van der Waals surface area contributed by atoms with Gasteiger partial charge in [0, 0.05) is 42.0 Å². The number of nitrogens with one attached hydrogen (secondary N) is 1. The number of nitrogens with zero attached hydrogens (tertiary/aromatic N) is 3. The van der Waals surface area contributed by atoms with Gasteiger partial charge >= 0.3 is 6.18 Å². The topological polar surface area (TPSA) is 93.7 Å². The van der Waals surface area contributed by atoms with Crippen molar-refractivity contribution < 1.29 is 31.1 Å². The number of ether oxygens (including phenoxy) is 2. The van der Waals surface area contributed by atoms with Crippen LogP contribution in [-0.2, 0) is 26.4 Å². The molecule has 1 N–H and O–H groups in total. The molecule has 1 saturated heterocycles. The Morgan fingerprint density at radius 2 is 1.78 bits per heavy atom. The van der Waals surface area contributed by atoms with Crippen molar-refractivity contribution in [2.75, 3.05) is 42.5 Å². The van der Waals surface area contributed by atoms with Crippen LogP contribution < -0.4 is 14.4 Å². The van der Waals surface area contributed by atoms with Gasteiger partial charge in [0.25, 0.3) is 10.0 Å². The van der Waals surface area contributed by atoms with Crippen molar-refractivity contribution in [1.29, 1.82) is 0 Å². The number of rotatable bonds is 5. The Kier molecular flexibility index (Phi) is 6.48. The van der Waals surface area contributed by atoms with Gasteiger partial charge in [-0.1, -0.05) is 19.1 Å². The van der Waals surface area contributed by atoms with Gasteiger partial charge in [0.2, 0.25) is 0 Å². The number of alkyl halides is 3. The van der Waals surface area contributed by atoms with Crippen LogP contribution in [0.15, 0.2) is 59.6 Å². The summed E-state index contributed by atoms with van der Waals surface area (Å²) >= 11 is 0. The first-order valence-corrected chi connectivity index (χ1v) is 13.2. The quantitative estimate of drug-likeness (QED) is 0.524. The number of halogens is 3. The molecule has 1 atom stereocenters. The Balaban J connectivity index is 1.56. The van der Waals surface area contributed by atoms with Crippen LogP contribution in [0, 0.1) is 0 Å². The zero-order valence-electron chi connectivity index (χ0n) is 20.0. The number of anilines is 2. The minimum atomic E-state index is -4.48. The van der Waals surface area contributed by atoms with E-state index < -0.39 is 27.2 Å². The van der Waals surface area contributed by atoms with Gasteiger partial charge in [-0.3, -0.25) is 4.72 Å². The molecule has 3 aromatic rings. The maximum atomic E-state index is 13.6. The van der Waals surface area contributed by atoms with Crippen LogP contribution in [-0.4, -0.2) is 51.5 Å². The normalized spacial score (nSPS) is 20.2. The monoisotopic (exact) mass is 534 g/mol. The molecule has 1 fully saturated rings. The predicted molar refractivity (Wildman–Crippen MR) is 130 cm³/mol. The smallest absolute Gasteiger partial charge is 0.416 e. The van der Waals surface area contributed by atoms with E-state index in [0.717, 1.165) is 11.6 Å². The van der Waals surface area contributed by atoms with Gasteiger partial charge in [0.05, 0.1) is 30.3 Å². The molecule has 0 saturated carbocycles. The highest BCUT2D eigenvalue weighted by Gasteiger charge is 2.40. The van der Waals surface area contributed by atoms with Crippen LogP contribution in [0.5, 0.6) is 5.75 Å². The maximum absolute atomic E-state index is 13.6. The number of hydrogen-bond acceptors (Lipinski definition) is 7. The van der Waals surface area contributed by atoms with E-state index in [9.17, 15) is 21.6 Å². The van der Waals surface area contributed by atoms with Crippen LogP contribution >= 0.6 is 0 Å². The SMILES string of the molecule is C[C@@]1(c2ccc(C(F)(F)F)cc2N2CCOCC2)CCOc2cc(S(=O)(=O)Nc3cccnn3)ccc21. The average molecular weight is 535 g/mol. The lowest BCUT2D eigenvalue weighted by molar-refractivity contribution is -0.137. The van der Waals surface area contributed by atoms with Crippen molar-refractivity contribution in [1.82, 2.24) is 10.2 Å². The Labute approximate surface area is 212 Å². The summed E-state index contributed by atoms with van der Waals surface area (Å²) in [6.07, 6.45) is -2.54. The minimum absolute atomic E-state index is 0.0259. The zero-order valence-corrected chi connectivity index (χ0v) is 20.8. The number of fused-ring (bicyclic) bond motifs is 1. The van der Waals surface area contributed by atoms with Gasteiger partial charge in [-0.15, -0.1) is 5.10 Å². The van der Waals surface area contributed by atoms with Crippen molar-refractivity contribution in [2.24, 2.45) is 0 Å². The second kappa shape index (κ2) is 9.49. The van der Waals surface area contributed by atoms with E-state index in [1.54, 1.807) is 12.1 Å². The summed E-state index contributed by atoms with van der Waals surface area (Å²) in [5.41, 5.74) is 0.484. The summed E-state index contributed by atoms with van der Waals surface area (Å²) in [6.45, 7) is 4.01. The standard InChI is InChI=1S/C25H25F3N4O4S/c1-24(19-6-4-17(25(26,27)28)15-21(19)32-10-13-35-14-11-32)8-12-36-22-16-18(5-7-20(22)24)37(33,34)31-23-3-2-9-29-30-23/h2-7,9,15-16H,8,10-14H2,1H3,(H,30,31)/t24-/m0/s1. The summed E-state index contributed by atoms with van der Waals surface area (Å²) in [5.74, 6) is 0.439. The maximum Gasteiger partial charge on any atom is 0.416 e. The third-order valence-electron chi connectivity index (χ3n) is 6.80. The van der Waals surface area contributed by atoms with Gasteiger partial charge in [0.1, 0.15) is 5.75 Å². The molecule has 0 unspecified atom stereocenters. The molecule has 0 radical (unpaired) electrons. The highest BCUT2D eigenvalue weighted by atomic mass is 32.2. The van der Waals surface area contributed by atoms with Gasteiger partial charge in [-0.05, 0) is 42.3 Å². The van der Waals surface area contributed by atoms with E-state index in [4.69, 9.17) is 9.47 Å². The largest absolute Gasteiger partial charge is 0.493 e. The van der Waals surface area contributed by atoms with Crippen molar-refractivity contribution >= 4 is 21.5 Å². The molecule has 37 heavy (non-hydrogen) atoms. The second-order valence-corrected chi connectivity index (χ2v) is 10.8. The molecule has 8 nitrogen and oxygen atoms in total. The van der Waals surface area contributed by atoms with Crippen molar-refractivity contribution in [3.63, 3.8) is 0 Å². The number of aromatic nitrogens is 2. The van der Waals surface area contributed by atoms with E-state index in [1.165, 1.54) is 36.5 Å². The molecule has 5 rings (SSSR count). The fraction of sp³-hybridized carbons (Fsp3) is 0.360. The first-order valence-electron chi connectivity index (χ1n) is 11.7. The molecule has 0 bridgehead atoms. The molecular weight excluding hydrogens is 509 g/mol. The van der Waals surface area contributed by atoms with Gasteiger partial charge in [-0.2, -0.15) is 18.3 Å². The molecular formula is C25H25F3N4O4S. The third kappa shape index (κ3) is 4.95. The van der Waals surface area contributed by atoms with Crippen LogP contribution in [0.4, 0.5) is 24.7 Å². The van der Waals surface area contributed by atoms with Crippen molar-refractivity contribution in [3.8, 4) is 5.75 Å². The first kappa shape index (κ1) is 25.3. The van der Waals surface area contributed by atoms with Crippen LogP contribution in [0.25, 0.3) is 0 Å². The Hall–Kier alpha value is -3.38. The summed E-state index contributed by atoms with van der Waals surface area (Å²) in [7, 11) is -3.98. The fourth-order valence-corrected chi connectivity index (χ4v) is 5.83. The average Bonchev–Trinajstić information content (AvgIpc) is 2.88. The lowest BCUT2D eigenvalue weighted by atomic mass is 9.71. The van der Waals surface area contributed by atoms with Gasteiger partial charge in [-0.25, -0.2) is 8.42 Å².